The van der Waals surface area contributed by atoms with Crippen LogP contribution >= 0.6 is 0 Å². The summed E-state index contributed by atoms with van der Waals surface area (Å²) in [5, 5.41) is 24.3. The lowest BCUT2D eigenvalue weighted by atomic mass is 10.2. The van der Waals surface area contributed by atoms with E-state index in [1.807, 2.05) is 12.1 Å². The number of urea groups is 2. The van der Waals surface area contributed by atoms with Gasteiger partial charge in [-0.05, 0) is 26.7 Å². The fourth-order valence-corrected chi connectivity index (χ4v) is 6.21. The summed E-state index contributed by atoms with van der Waals surface area (Å²) in [4.78, 5) is 85.4. The summed E-state index contributed by atoms with van der Waals surface area (Å²) in [5.74, 6) is 0. The molecule has 50 heavy (non-hydrogen) atoms. The average molecular weight is 695 g/mol. The van der Waals surface area contributed by atoms with E-state index in [1.54, 1.807) is 23.6 Å². The van der Waals surface area contributed by atoms with Gasteiger partial charge in [-0.25, -0.2) is 19.2 Å². The Kier molecular flexibility index (Phi) is 13.5. The van der Waals surface area contributed by atoms with Crippen LogP contribution in [-0.2, 0) is 13.1 Å². The first kappa shape index (κ1) is 37.6. The van der Waals surface area contributed by atoms with E-state index in [2.05, 4.69) is 30.4 Å². The normalized spacial score (nSPS) is 15.4. The quantitative estimate of drug-likeness (QED) is 0.180. The van der Waals surface area contributed by atoms with Crippen molar-refractivity contribution < 1.29 is 9.59 Å². The van der Waals surface area contributed by atoms with Crippen molar-refractivity contribution in [3.63, 3.8) is 0 Å². The Morgan fingerprint density at radius 2 is 0.960 bits per heavy atom. The van der Waals surface area contributed by atoms with Crippen LogP contribution in [0.1, 0.15) is 48.2 Å². The number of nitrogens with one attached hydrogen (secondary N) is 4. The standard InChI is InChI=1S/C32H46N12O6/c1-23-25(21-33)27(45)37-31(49)43(23)19-13-39-9-15-41(16-10-39)29(47)35-7-5-3-4-6-8-36-30(48)42-17-11-40(12-18-42)14-20-44-24(2)26(22-34)28(46)38-32(44)50/h3-20H2,1-2H3,(H,35,47)(H,36,48)(H,37,45,49)(H,38,46,50). The highest BCUT2D eigenvalue weighted by Crippen LogP contribution is 2.07. The molecule has 2 aromatic rings. The summed E-state index contributed by atoms with van der Waals surface area (Å²) < 4.78 is 2.80. The third kappa shape index (κ3) is 9.70. The molecule has 0 unspecified atom stereocenters. The summed E-state index contributed by atoms with van der Waals surface area (Å²) in [6.07, 6.45) is 3.52. The molecule has 2 aliphatic rings. The number of H-pyrrole nitrogens is 2. The molecule has 4 rings (SSSR count). The van der Waals surface area contributed by atoms with Gasteiger partial charge >= 0.3 is 23.4 Å². The van der Waals surface area contributed by atoms with Crippen LogP contribution in [0.5, 0.6) is 0 Å². The number of aromatic amines is 2. The molecule has 4 amide bonds. The molecule has 0 aromatic carbocycles. The summed E-state index contributed by atoms with van der Waals surface area (Å²) in [7, 11) is 0. The lowest BCUT2D eigenvalue weighted by molar-refractivity contribution is 0.135. The highest BCUT2D eigenvalue weighted by Gasteiger charge is 2.23. The second-order valence-electron chi connectivity index (χ2n) is 12.5. The zero-order valence-corrected chi connectivity index (χ0v) is 28.8. The molecule has 0 atom stereocenters. The summed E-state index contributed by atoms with van der Waals surface area (Å²) in [6, 6.07) is 3.49. The van der Waals surface area contributed by atoms with Crippen molar-refractivity contribution in [2.45, 2.75) is 52.6 Å². The minimum absolute atomic E-state index is 0.0619. The monoisotopic (exact) mass is 694 g/mol. The second-order valence-corrected chi connectivity index (χ2v) is 12.5. The van der Waals surface area contributed by atoms with Crippen LogP contribution < -0.4 is 33.1 Å². The molecular weight excluding hydrogens is 648 g/mol. The van der Waals surface area contributed by atoms with Gasteiger partial charge in [-0.2, -0.15) is 10.5 Å². The number of piperazine rings is 2. The minimum Gasteiger partial charge on any atom is -0.338 e. The number of amides is 4. The highest BCUT2D eigenvalue weighted by molar-refractivity contribution is 5.74. The highest BCUT2D eigenvalue weighted by atomic mass is 16.2. The maximum atomic E-state index is 12.6. The van der Waals surface area contributed by atoms with E-state index < -0.39 is 22.5 Å². The number of hydrogen-bond donors (Lipinski definition) is 4. The molecule has 0 spiro atoms. The van der Waals surface area contributed by atoms with Gasteiger partial charge in [0.2, 0.25) is 0 Å². The van der Waals surface area contributed by atoms with Crippen LogP contribution in [0.3, 0.4) is 0 Å². The Labute approximate surface area is 288 Å². The predicted octanol–water partition coefficient (Wildman–Crippen LogP) is -1.34. The Bertz CT molecular complexity index is 1700. The Hall–Kier alpha value is -5.20. The van der Waals surface area contributed by atoms with Gasteiger partial charge in [-0.15, -0.1) is 0 Å². The van der Waals surface area contributed by atoms with Gasteiger partial charge in [0.15, 0.2) is 0 Å². The first-order chi connectivity index (χ1) is 24.0. The second kappa shape index (κ2) is 18.0. The van der Waals surface area contributed by atoms with Crippen LogP contribution in [0, 0.1) is 36.5 Å². The van der Waals surface area contributed by atoms with Crippen molar-refractivity contribution in [1.82, 2.24) is 49.3 Å². The summed E-state index contributed by atoms with van der Waals surface area (Å²) in [5.41, 5.74) is -1.84. The third-order valence-electron chi connectivity index (χ3n) is 9.40. The molecule has 270 valence electrons. The number of aromatic nitrogens is 4. The van der Waals surface area contributed by atoms with Crippen LogP contribution in [0.4, 0.5) is 9.59 Å². The third-order valence-corrected chi connectivity index (χ3v) is 9.40. The van der Waals surface area contributed by atoms with Crippen molar-refractivity contribution in [2.75, 3.05) is 78.5 Å². The van der Waals surface area contributed by atoms with Crippen molar-refractivity contribution in [3.05, 3.63) is 64.2 Å². The van der Waals surface area contributed by atoms with Gasteiger partial charge in [-0.3, -0.25) is 38.5 Å². The smallest absolute Gasteiger partial charge is 0.328 e. The van der Waals surface area contributed by atoms with Crippen molar-refractivity contribution >= 4 is 12.1 Å². The molecule has 4 heterocycles. The molecule has 4 N–H and O–H groups in total. The maximum Gasteiger partial charge on any atom is 0.328 e. The Morgan fingerprint density at radius 1 is 0.600 bits per heavy atom. The van der Waals surface area contributed by atoms with E-state index in [1.165, 1.54) is 9.13 Å². The number of hydrogen-bond acceptors (Lipinski definition) is 10. The Morgan fingerprint density at radius 3 is 1.30 bits per heavy atom. The van der Waals surface area contributed by atoms with Crippen molar-refractivity contribution in [1.29, 1.82) is 10.5 Å². The van der Waals surface area contributed by atoms with Gasteiger partial charge in [0.1, 0.15) is 23.3 Å². The predicted molar refractivity (Wildman–Crippen MR) is 183 cm³/mol. The minimum atomic E-state index is -0.675. The largest absolute Gasteiger partial charge is 0.338 e. The van der Waals surface area contributed by atoms with Gasteiger partial charge in [0, 0.05) is 103 Å². The maximum absolute atomic E-state index is 12.6. The molecule has 2 saturated heterocycles. The van der Waals surface area contributed by atoms with E-state index in [0.717, 1.165) is 25.7 Å². The van der Waals surface area contributed by atoms with E-state index >= 15 is 0 Å². The van der Waals surface area contributed by atoms with Crippen LogP contribution in [-0.4, -0.2) is 129 Å². The fraction of sp³-hybridized carbons (Fsp3) is 0.625. The zero-order valence-electron chi connectivity index (χ0n) is 28.8. The number of rotatable bonds is 13. The number of carbonyl (C=O) groups is 2. The lowest BCUT2D eigenvalue weighted by Gasteiger charge is -2.34. The summed E-state index contributed by atoms with van der Waals surface area (Å²) in [6.45, 7) is 11.0. The van der Waals surface area contributed by atoms with Gasteiger partial charge in [0.05, 0.1) is 0 Å². The first-order valence-corrected chi connectivity index (χ1v) is 17.0. The van der Waals surface area contributed by atoms with Crippen molar-refractivity contribution in [2.24, 2.45) is 0 Å². The van der Waals surface area contributed by atoms with E-state index in [0.29, 0.717) is 103 Å². The summed E-state index contributed by atoms with van der Waals surface area (Å²) >= 11 is 0. The molecule has 0 bridgehead atoms. The molecule has 0 radical (unpaired) electrons. The zero-order chi connectivity index (χ0) is 36.2. The number of nitrogens with zero attached hydrogens (tertiary/aromatic N) is 8. The molecule has 2 aromatic heterocycles. The molecule has 2 aliphatic heterocycles. The van der Waals surface area contributed by atoms with Crippen LogP contribution in [0.25, 0.3) is 0 Å². The van der Waals surface area contributed by atoms with E-state index in [4.69, 9.17) is 0 Å². The first-order valence-electron chi connectivity index (χ1n) is 17.0. The fourth-order valence-electron chi connectivity index (χ4n) is 6.21. The number of carbonyl (C=O) groups excluding carboxylic acids is 2. The van der Waals surface area contributed by atoms with Crippen LogP contribution in [0.2, 0.25) is 0 Å². The molecule has 0 aliphatic carbocycles. The SMILES string of the molecule is Cc1c(C#N)c(=O)[nH]c(=O)n1CCN1CCN(C(=O)NCCCCCCNC(=O)N2CCN(CCn3c(C)c(C#N)c(=O)[nH]c3=O)CC2)CC1. The topological polar surface area (TPSA) is 228 Å². The van der Waals surface area contributed by atoms with Gasteiger partial charge in [0.25, 0.3) is 11.1 Å². The molecule has 18 heteroatoms. The van der Waals surface area contributed by atoms with Crippen molar-refractivity contribution in [3.8, 4) is 12.1 Å². The van der Waals surface area contributed by atoms with E-state index in [9.17, 15) is 39.3 Å². The van der Waals surface area contributed by atoms with Gasteiger partial charge in [-0.1, -0.05) is 12.8 Å². The average Bonchev–Trinajstić information content (AvgIpc) is 3.09. The van der Waals surface area contributed by atoms with Crippen LogP contribution in [0.15, 0.2) is 19.2 Å². The Balaban J connectivity index is 1.02. The molecule has 2 fully saturated rings. The lowest BCUT2D eigenvalue weighted by Crippen LogP contribution is -2.52. The number of nitriles is 2. The number of unbranched alkanes of at least 4 members (excludes halogenated alkanes) is 3. The molecular formula is C32H46N12O6. The molecule has 18 nitrogen and oxygen atoms in total. The van der Waals surface area contributed by atoms with E-state index in [-0.39, 0.29) is 23.2 Å². The molecule has 0 saturated carbocycles. The van der Waals surface area contributed by atoms with Gasteiger partial charge < -0.3 is 20.4 Å².